The Labute approximate surface area is 192 Å². The second-order valence-electron chi connectivity index (χ2n) is 7.28. The smallest absolute Gasteiger partial charge is 0.243 e. The van der Waals surface area contributed by atoms with Gasteiger partial charge in [-0.15, -0.1) is 0 Å². The van der Waals surface area contributed by atoms with E-state index in [1.165, 1.54) is 0 Å². The molecular formula is C23H22Cl2N2O3S. The minimum Gasteiger partial charge on any atom is -0.325 e. The monoisotopic (exact) mass is 476 g/mol. The Bertz CT molecular complexity index is 1180. The molecule has 0 spiro atoms. The van der Waals surface area contributed by atoms with Crippen molar-refractivity contribution in [2.24, 2.45) is 0 Å². The summed E-state index contributed by atoms with van der Waals surface area (Å²) in [5.41, 5.74) is 3.13. The molecule has 0 atom stereocenters. The number of hydrogen-bond acceptors (Lipinski definition) is 3. The summed E-state index contributed by atoms with van der Waals surface area (Å²) in [6.45, 7) is 3.50. The highest BCUT2D eigenvalue weighted by molar-refractivity contribution is 7.89. The molecule has 0 unspecified atom stereocenters. The third-order valence-corrected chi connectivity index (χ3v) is 6.81. The van der Waals surface area contributed by atoms with Crippen LogP contribution in [-0.2, 0) is 21.4 Å². The van der Waals surface area contributed by atoms with Gasteiger partial charge in [-0.2, -0.15) is 4.31 Å². The van der Waals surface area contributed by atoms with E-state index in [1.54, 1.807) is 42.5 Å². The minimum absolute atomic E-state index is 0.0572. The fourth-order valence-corrected chi connectivity index (χ4v) is 5.00. The molecule has 3 rings (SSSR count). The van der Waals surface area contributed by atoms with Crippen LogP contribution in [0.25, 0.3) is 0 Å². The van der Waals surface area contributed by atoms with Gasteiger partial charge in [-0.3, -0.25) is 4.79 Å². The minimum atomic E-state index is -3.91. The topological polar surface area (TPSA) is 66.5 Å². The van der Waals surface area contributed by atoms with Gasteiger partial charge in [0.15, 0.2) is 0 Å². The van der Waals surface area contributed by atoms with Crippen molar-refractivity contribution in [1.82, 2.24) is 4.31 Å². The highest BCUT2D eigenvalue weighted by Gasteiger charge is 2.27. The molecule has 3 aromatic carbocycles. The molecule has 1 amide bonds. The molecule has 0 aliphatic rings. The van der Waals surface area contributed by atoms with Gasteiger partial charge in [0.2, 0.25) is 15.9 Å². The first-order chi connectivity index (χ1) is 14.6. The van der Waals surface area contributed by atoms with Crippen LogP contribution in [0.1, 0.15) is 16.7 Å². The second kappa shape index (κ2) is 9.83. The first kappa shape index (κ1) is 23.3. The standard InChI is InChI=1S/C23H22Cl2N2O3S/c1-16-6-8-22(9-7-16)31(29,30)27(14-18-5-3-4-17(2)10-18)15-23(28)26-21-12-19(24)11-20(25)13-21/h3-13H,14-15H2,1-2H3,(H,26,28). The normalized spacial score (nSPS) is 11.5. The van der Waals surface area contributed by atoms with E-state index in [0.29, 0.717) is 15.7 Å². The van der Waals surface area contributed by atoms with Crippen LogP contribution < -0.4 is 5.32 Å². The number of aryl methyl sites for hydroxylation is 2. The number of sulfonamides is 1. The zero-order valence-corrected chi connectivity index (χ0v) is 19.4. The van der Waals surface area contributed by atoms with E-state index in [-0.39, 0.29) is 18.0 Å². The molecule has 0 fully saturated rings. The van der Waals surface area contributed by atoms with Crippen molar-refractivity contribution in [3.8, 4) is 0 Å². The van der Waals surface area contributed by atoms with Crippen LogP contribution in [0.5, 0.6) is 0 Å². The van der Waals surface area contributed by atoms with Crippen molar-refractivity contribution in [3.63, 3.8) is 0 Å². The van der Waals surface area contributed by atoms with E-state index in [0.717, 1.165) is 21.0 Å². The Morgan fingerprint density at radius 3 is 2.16 bits per heavy atom. The van der Waals surface area contributed by atoms with Gasteiger partial charge in [0.05, 0.1) is 11.4 Å². The van der Waals surface area contributed by atoms with E-state index in [1.807, 2.05) is 38.1 Å². The Kier molecular flexibility index (Phi) is 7.38. The molecule has 1 N–H and O–H groups in total. The number of carbonyl (C=O) groups excluding carboxylic acids is 1. The van der Waals surface area contributed by atoms with Crippen molar-refractivity contribution < 1.29 is 13.2 Å². The number of nitrogens with one attached hydrogen (secondary N) is 1. The number of hydrogen-bond donors (Lipinski definition) is 1. The Morgan fingerprint density at radius 1 is 0.903 bits per heavy atom. The fraction of sp³-hybridized carbons (Fsp3) is 0.174. The average molecular weight is 477 g/mol. The van der Waals surface area contributed by atoms with E-state index in [2.05, 4.69) is 5.32 Å². The predicted octanol–water partition coefficient (Wildman–Crippen LogP) is 5.44. The molecule has 31 heavy (non-hydrogen) atoms. The third kappa shape index (κ3) is 6.31. The number of rotatable bonds is 7. The summed E-state index contributed by atoms with van der Waals surface area (Å²) in [6.07, 6.45) is 0. The summed E-state index contributed by atoms with van der Waals surface area (Å²) in [6, 6.07) is 18.7. The molecule has 0 saturated heterocycles. The zero-order chi connectivity index (χ0) is 22.6. The molecule has 0 saturated carbocycles. The molecule has 0 heterocycles. The zero-order valence-electron chi connectivity index (χ0n) is 17.1. The number of nitrogens with zero attached hydrogens (tertiary/aromatic N) is 1. The largest absolute Gasteiger partial charge is 0.325 e. The summed E-state index contributed by atoms with van der Waals surface area (Å²) < 4.78 is 27.8. The van der Waals surface area contributed by atoms with Crippen molar-refractivity contribution in [2.75, 3.05) is 11.9 Å². The maximum Gasteiger partial charge on any atom is 0.243 e. The van der Waals surface area contributed by atoms with E-state index in [4.69, 9.17) is 23.2 Å². The van der Waals surface area contributed by atoms with Gasteiger partial charge in [0, 0.05) is 22.3 Å². The lowest BCUT2D eigenvalue weighted by atomic mass is 10.1. The number of halogens is 2. The van der Waals surface area contributed by atoms with Crippen LogP contribution >= 0.6 is 23.2 Å². The lowest BCUT2D eigenvalue weighted by Gasteiger charge is -2.22. The molecule has 8 heteroatoms. The maximum atomic E-state index is 13.3. The quantitative estimate of drug-likeness (QED) is 0.493. The summed E-state index contributed by atoms with van der Waals surface area (Å²) >= 11 is 12.0. The lowest BCUT2D eigenvalue weighted by Crippen LogP contribution is -2.37. The van der Waals surface area contributed by atoms with Crippen LogP contribution in [0.2, 0.25) is 10.0 Å². The summed E-state index contributed by atoms with van der Waals surface area (Å²) in [5, 5.41) is 3.40. The Balaban J connectivity index is 1.89. The van der Waals surface area contributed by atoms with E-state index < -0.39 is 15.9 Å². The van der Waals surface area contributed by atoms with Gasteiger partial charge in [0.25, 0.3) is 0 Å². The van der Waals surface area contributed by atoms with Crippen LogP contribution in [0.4, 0.5) is 5.69 Å². The molecule has 0 aromatic heterocycles. The van der Waals surface area contributed by atoms with Crippen LogP contribution in [-0.4, -0.2) is 25.2 Å². The van der Waals surface area contributed by atoms with E-state index >= 15 is 0 Å². The van der Waals surface area contributed by atoms with Crippen LogP contribution in [0, 0.1) is 13.8 Å². The van der Waals surface area contributed by atoms with Crippen molar-refractivity contribution in [1.29, 1.82) is 0 Å². The Morgan fingerprint density at radius 2 is 1.55 bits per heavy atom. The van der Waals surface area contributed by atoms with Gasteiger partial charge in [-0.05, 0) is 49.7 Å². The van der Waals surface area contributed by atoms with Crippen molar-refractivity contribution >= 4 is 44.8 Å². The van der Waals surface area contributed by atoms with Gasteiger partial charge in [0.1, 0.15) is 0 Å². The molecule has 0 bridgehead atoms. The SMILES string of the molecule is Cc1ccc(S(=O)(=O)N(CC(=O)Nc2cc(Cl)cc(Cl)c2)Cc2cccc(C)c2)cc1. The molecule has 0 aliphatic carbocycles. The second-order valence-corrected chi connectivity index (χ2v) is 10.1. The first-order valence-electron chi connectivity index (χ1n) is 9.52. The molecule has 162 valence electrons. The van der Waals surface area contributed by atoms with Gasteiger partial charge in [-0.1, -0.05) is 70.7 Å². The Hall–Kier alpha value is -2.38. The number of benzene rings is 3. The lowest BCUT2D eigenvalue weighted by molar-refractivity contribution is -0.116. The van der Waals surface area contributed by atoms with Gasteiger partial charge < -0.3 is 5.32 Å². The van der Waals surface area contributed by atoms with Gasteiger partial charge >= 0.3 is 0 Å². The van der Waals surface area contributed by atoms with Crippen molar-refractivity contribution in [2.45, 2.75) is 25.3 Å². The van der Waals surface area contributed by atoms with Crippen molar-refractivity contribution in [3.05, 3.63) is 93.5 Å². The molecule has 3 aromatic rings. The molecule has 0 aliphatic heterocycles. The third-order valence-electron chi connectivity index (χ3n) is 4.57. The molecular weight excluding hydrogens is 455 g/mol. The number of carbonyl (C=O) groups is 1. The molecule has 0 radical (unpaired) electrons. The first-order valence-corrected chi connectivity index (χ1v) is 11.7. The summed E-state index contributed by atoms with van der Waals surface area (Å²) in [4.78, 5) is 12.9. The highest BCUT2D eigenvalue weighted by atomic mass is 35.5. The number of anilines is 1. The average Bonchev–Trinajstić information content (AvgIpc) is 2.67. The fourth-order valence-electron chi connectivity index (χ4n) is 3.09. The molecule has 5 nitrogen and oxygen atoms in total. The summed E-state index contributed by atoms with van der Waals surface area (Å²) in [7, 11) is -3.91. The van der Waals surface area contributed by atoms with E-state index in [9.17, 15) is 13.2 Å². The van der Waals surface area contributed by atoms with Crippen LogP contribution in [0.3, 0.4) is 0 Å². The van der Waals surface area contributed by atoms with Gasteiger partial charge in [-0.25, -0.2) is 8.42 Å². The summed E-state index contributed by atoms with van der Waals surface area (Å²) in [5.74, 6) is -0.498. The highest BCUT2D eigenvalue weighted by Crippen LogP contribution is 2.23. The maximum absolute atomic E-state index is 13.3. The number of amides is 1. The predicted molar refractivity (Wildman–Crippen MR) is 125 cm³/mol. The van der Waals surface area contributed by atoms with Crippen LogP contribution in [0.15, 0.2) is 71.6 Å².